The van der Waals surface area contributed by atoms with Crippen molar-refractivity contribution in [1.82, 2.24) is 5.32 Å². The van der Waals surface area contributed by atoms with E-state index in [9.17, 15) is 0 Å². The maximum absolute atomic E-state index is 8.96. The highest BCUT2D eigenvalue weighted by Crippen LogP contribution is 2.38. The normalized spacial score (nSPS) is 23.3. The molecule has 0 aromatic heterocycles. The van der Waals surface area contributed by atoms with Gasteiger partial charge in [-0.15, -0.1) is 0 Å². The molecule has 0 spiro atoms. The highest BCUT2D eigenvalue weighted by Gasteiger charge is 2.33. The fraction of sp³-hybridized carbons (Fsp3) is 0.611. The van der Waals surface area contributed by atoms with Gasteiger partial charge in [0.05, 0.1) is 11.6 Å². The Morgan fingerprint density at radius 3 is 2.70 bits per heavy atom. The highest BCUT2D eigenvalue weighted by atomic mass is 14.9. The minimum absolute atomic E-state index is 0.368. The molecule has 2 nitrogen and oxygen atoms in total. The molecule has 2 rings (SSSR count). The van der Waals surface area contributed by atoms with Crippen LogP contribution in [0.3, 0.4) is 0 Å². The lowest BCUT2D eigenvalue weighted by Gasteiger charge is -2.41. The van der Waals surface area contributed by atoms with Crippen molar-refractivity contribution in [2.24, 2.45) is 11.3 Å². The first-order valence-corrected chi connectivity index (χ1v) is 7.73. The molecule has 1 saturated carbocycles. The Morgan fingerprint density at radius 1 is 1.25 bits per heavy atom. The third kappa shape index (κ3) is 3.84. The highest BCUT2D eigenvalue weighted by molar-refractivity contribution is 5.32. The van der Waals surface area contributed by atoms with Crippen LogP contribution in [0.2, 0.25) is 0 Å². The fourth-order valence-electron chi connectivity index (χ4n) is 3.41. The van der Waals surface area contributed by atoms with E-state index in [0.29, 0.717) is 11.5 Å². The second-order valence-electron chi connectivity index (χ2n) is 7.06. The first kappa shape index (κ1) is 15.1. The molecule has 0 aliphatic heterocycles. The Bertz CT molecular complexity index is 479. The fourth-order valence-corrected chi connectivity index (χ4v) is 3.41. The van der Waals surface area contributed by atoms with Crippen molar-refractivity contribution in [3.63, 3.8) is 0 Å². The third-order valence-electron chi connectivity index (χ3n) is 4.50. The molecule has 2 atom stereocenters. The van der Waals surface area contributed by atoms with Crippen molar-refractivity contribution in [3.8, 4) is 6.07 Å². The minimum atomic E-state index is 0.368. The Kier molecular flexibility index (Phi) is 4.83. The molecule has 0 unspecified atom stereocenters. The summed E-state index contributed by atoms with van der Waals surface area (Å²) in [5.41, 5.74) is 2.33. The number of nitriles is 1. The molecule has 1 aromatic carbocycles. The van der Waals surface area contributed by atoms with Gasteiger partial charge in [0.25, 0.3) is 0 Å². The van der Waals surface area contributed by atoms with E-state index < -0.39 is 0 Å². The molecular formula is C18H26N2. The van der Waals surface area contributed by atoms with Crippen molar-refractivity contribution in [2.75, 3.05) is 0 Å². The van der Waals surface area contributed by atoms with Gasteiger partial charge in [0.1, 0.15) is 0 Å². The zero-order valence-corrected chi connectivity index (χ0v) is 12.9. The van der Waals surface area contributed by atoms with Crippen LogP contribution in [0, 0.1) is 22.7 Å². The molecule has 20 heavy (non-hydrogen) atoms. The summed E-state index contributed by atoms with van der Waals surface area (Å²) in [6.07, 6.45) is 5.31. The number of nitrogens with one attached hydrogen (secondary N) is 1. The van der Waals surface area contributed by atoms with Crippen LogP contribution < -0.4 is 5.32 Å². The minimum Gasteiger partial charge on any atom is -0.310 e. The second-order valence-corrected chi connectivity index (χ2v) is 7.06. The SMILES string of the molecule is CC(C)(C)[C@@H]1CCCC[C@@H]1NCc1cccc(C#N)c1. The van der Waals surface area contributed by atoms with Crippen molar-refractivity contribution in [3.05, 3.63) is 35.4 Å². The molecule has 1 aliphatic rings. The van der Waals surface area contributed by atoms with E-state index in [1.165, 1.54) is 31.2 Å². The zero-order valence-electron chi connectivity index (χ0n) is 12.9. The number of rotatable bonds is 3. The summed E-state index contributed by atoms with van der Waals surface area (Å²) in [6, 6.07) is 10.7. The summed E-state index contributed by atoms with van der Waals surface area (Å²) in [5, 5.41) is 12.7. The number of benzene rings is 1. The van der Waals surface area contributed by atoms with E-state index in [0.717, 1.165) is 18.0 Å². The van der Waals surface area contributed by atoms with E-state index in [1.807, 2.05) is 18.2 Å². The van der Waals surface area contributed by atoms with Gasteiger partial charge in [-0.1, -0.05) is 45.7 Å². The number of hydrogen-bond acceptors (Lipinski definition) is 2. The second kappa shape index (κ2) is 6.41. The quantitative estimate of drug-likeness (QED) is 0.891. The van der Waals surface area contributed by atoms with Crippen molar-refractivity contribution in [1.29, 1.82) is 5.26 Å². The predicted octanol–water partition coefficient (Wildman–Crippen LogP) is 4.25. The molecule has 1 N–H and O–H groups in total. The topological polar surface area (TPSA) is 35.8 Å². The van der Waals surface area contributed by atoms with Crippen molar-refractivity contribution < 1.29 is 0 Å². The van der Waals surface area contributed by atoms with E-state index in [2.05, 4.69) is 38.2 Å². The molecule has 1 aromatic rings. The summed E-state index contributed by atoms with van der Waals surface area (Å²) in [5.74, 6) is 0.746. The van der Waals surface area contributed by atoms with Gasteiger partial charge in [0.2, 0.25) is 0 Å². The van der Waals surface area contributed by atoms with Crippen molar-refractivity contribution in [2.45, 2.75) is 59.0 Å². The van der Waals surface area contributed by atoms with Gasteiger partial charge < -0.3 is 5.32 Å². The van der Waals surface area contributed by atoms with Crippen LogP contribution in [0.4, 0.5) is 0 Å². The summed E-state index contributed by atoms with van der Waals surface area (Å²) >= 11 is 0. The Morgan fingerprint density at radius 2 is 2.00 bits per heavy atom. The van der Waals surface area contributed by atoms with Crippen LogP contribution in [0.5, 0.6) is 0 Å². The summed E-state index contributed by atoms with van der Waals surface area (Å²) in [4.78, 5) is 0. The maximum atomic E-state index is 8.96. The van der Waals surface area contributed by atoms with E-state index >= 15 is 0 Å². The standard InChI is InChI=1S/C18H26N2/c1-18(2,3)16-9-4-5-10-17(16)20-13-15-8-6-7-14(11-15)12-19/h6-8,11,16-17,20H,4-5,9-10,13H2,1-3H3/t16-,17+/m1/s1. The van der Waals surface area contributed by atoms with Crippen LogP contribution in [0.25, 0.3) is 0 Å². The maximum Gasteiger partial charge on any atom is 0.0991 e. The molecule has 0 saturated heterocycles. The zero-order chi connectivity index (χ0) is 14.6. The summed E-state index contributed by atoms with van der Waals surface area (Å²) < 4.78 is 0. The summed E-state index contributed by atoms with van der Waals surface area (Å²) in [7, 11) is 0. The van der Waals surface area contributed by atoms with E-state index in [-0.39, 0.29) is 0 Å². The average Bonchev–Trinajstić information content (AvgIpc) is 2.44. The molecule has 108 valence electrons. The van der Waals surface area contributed by atoms with Crippen LogP contribution in [0.15, 0.2) is 24.3 Å². The third-order valence-corrected chi connectivity index (χ3v) is 4.50. The van der Waals surface area contributed by atoms with Crippen LogP contribution in [0.1, 0.15) is 57.6 Å². The first-order chi connectivity index (χ1) is 9.50. The van der Waals surface area contributed by atoms with Crippen molar-refractivity contribution >= 4 is 0 Å². The van der Waals surface area contributed by atoms with Gasteiger partial charge in [-0.3, -0.25) is 0 Å². The number of nitrogens with zero attached hydrogens (tertiary/aromatic N) is 1. The van der Waals surface area contributed by atoms with Gasteiger partial charge in [0.15, 0.2) is 0 Å². The van der Waals surface area contributed by atoms with E-state index in [4.69, 9.17) is 5.26 Å². The number of hydrogen-bond donors (Lipinski definition) is 1. The van der Waals surface area contributed by atoms with Crippen LogP contribution >= 0.6 is 0 Å². The van der Waals surface area contributed by atoms with Crippen LogP contribution in [-0.4, -0.2) is 6.04 Å². The molecule has 1 aliphatic carbocycles. The molecule has 0 bridgehead atoms. The Labute approximate surface area is 123 Å². The largest absolute Gasteiger partial charge is 0.310 e. The smallest absolute Gasteiger partial charge is 0.0991 e. The first-order valence-electron chi connectivity index (χ1n) is 7.73. The monoisotopic (exact) mass is 270 g/mol. The van der Waals surface area contributed by atoms with Crippen LogP contribution in [-0.2, 0) is 6.54 Å². The van der Waals surface area contributed by atoms with Gasteiger partial charge in [-0.05, 0) is 41.9 Å². The van der Waals surface area contributed by atoms with Gasteiger partial charge in [-0.25, -0.2) is 0 Å². The molecule has 0 radical (unpaired) electrons. The molecule has 2 heteroatoms. The predicted molar refractivity (Wildman–Crippen MR) is 83.2 cm³/mol. The van der Waals surface area contributed by atoms with Gasteiger partial charge in [0, 0.05) is 12.6 Å². The van der Waals surface area contributed by atoms with Gasteiger partial charge >= 0.3 is 0 Å². The molecule has 0 heterocycles. The molecular weight excluding hydrogens is 244 g/mol. The molecule has 1 fully saturated rings. The molecule has 0 amide bonds. The lowest BCUT2D eigenvalue weighted by molar-refractivity contribution is 0.130. The van der Waals surface area contributed by atoms with Gasteiger partial charge in [-0.2, -0.15) is 5.26 Å². The summed E-state index contributed by atoms with van der Waals surface area (Å²) in [6.45, 7) is 7.93. The van der Waals surface area contributed by atoms with E-state index in [1.54, 1.807) is 0 Å². The average molecular weight is 270 g/mol. The lowest BCUT2D eigenvalue weighted by Crippen LogP contribution is -2.43. The Balaban J connectivity index is 1.99. The Hall–Kier alpha value is -1.33. The lowest BCUT2D eigenvalue weighted by atomic mass is 9.69.